The Morgan fingerprint density at radius 3 is 2.80 bits per heavy atom. The van der Waals surface area contributed by atoms with Gasteiger partial charge in [0.25, 0.3) is 0 Å². The summed E-state index contributed by atoms with van der Waals surface area (Å²) in [5, 5.41) is 12.8. The van der Waals surface area contributed by atoms with Gasteiger partial charge < -0.3 is 9.88 Å². The number of aromatic nitrogens is 8. The Hall–Kier alpha value is -3.75. The van der Waals surface area contributed by atoms with Crippen LogP contribution < -0.4 is 4.90 Å². The van der Waals surface area contributed by atoms with Gasteiger partial charge in [-0.25, -0.2) is 9.97 Å². The van der Waals surface area contributed by atoms with E-state index >= 15 is 0 Å². The lowest BCUT2D eigenvalue weighted by molar-refractivity contribution is 0.578. The van der Waals surface area contributed by atoms with Crippen LogP contribution in [0.25, 0.3) is 44.8 Å². The fourth-order valence-electron chi connectivity index (χ4n) is 4.21. The van der Waals surface area contributed by atoms with Gasteiger partial charge in [-0.2, -0.15) is 10.2 Å². The molecule has 0 unspecified atom stereocenters. The molecule has 1 saturated heterocycles. The molecule has 0 aromatic carbocycles. The van der Waals surface area contributed by atoms with Gasteiger partial charge in [0.2, 0.25) is 0 Å². The highest BCUT2D eigenvalue weighted by Crippen LogP contribution is 2.31. The predicted octanol–water partition coefficient (Wildman–Crippen LogP) is 3.29. The van der Waals surface area contributed by atoms with Crippen LogP contribution in [0.1, 0.15) is 19.3 Å². The molecule has 1 aliphatic heterocycles. The monoisotopic (exact) mass is 399 g/mol. The second kappa shape index (κ2) is 6.65. The van der Waals surface area contributed by atoms with Gasteiger partial charge in [-0.15, -0.1) is 0 Å². The molecule has 0 amide bonds. The van der Waals surface area contributed by atoms with Crippen LogP contribution in [0.4, 0.5) is 5.69 Å². The van der Waals surface area contributed by atoms with Gasteiger partial charge in [-0.1, -0.05) is 0 Å². The van der Waals surface area contributed by atoms with Crippen LogP contribution in [0.5, 0.6) is 0 Å². The average Bonchev–Trinajstić information content (AvgIpc) is 3.50. The number of fused-ring (bicyclic) bond motifs is 2. The molecule has 0 spiro atoms. The quantitative estimate of drug-likeness (QED) is 0.482. The highest BCUT2D eigenvalue weighted by molar-refractivity contribution is 5.95. The number of hydrogen-bond donors (Lipinski definition) is 2. The minimum atomic E-state index is 0.705. The van der Waals surface area contributed by atoms with E-state index in [2.05, 4.69) is 41.2 Å². The van der Waals surface area contributed by atoms with Crippen LogP contribution in [-0.4, -0.2) is 53.0 Å². The summed E-state index contributed by atoms with van der Waals surface area (Å²) in [6.45, 7) is 2.12. The number of nitrogens with zero attached hydrogens (tertiary/aromatic N) is 7. The lowest BCUT2D eigenvalue weighted by atomic mass is 10.1. The van der Waals surface area contributed by atoms with E-state index in [1.165, 1.54) is 19.3 Å². The number of pyridine rings is 2. The summed E-state index contributed by atoms with van der Waals surface area (Å²) in [5.74, 6) is 0.705. The molecule has 5 aromatic heterocycles. The summed E-state index contributed by atoms with van der Waals surface area (Å²) in [6.07, 6.45) is 11.1. The summed E-state index contributed by atoms with van der Waals surface area (Å²) in [6, 6.07) is 4.09. The summed E-state index contributed by atoms with van der Waals surface area (Å²) >= 11 is 0. The van der Waals surface area contributed by atoms with Crippen LogP contribution in [0.15, 0.2) is 36.9 Å². The number of aryl methyl sites for hydroxylation is 1. The first-order valence-corrected chi connectivity index (χ1v) is 10.2. The number of piperidine rings is 1. The third-order valence-electron chi connectivity index (χ3n) is 5.73. The Labute approximate surface area is 172 Å². The number of aromatic amines is 2. The first-order valence-electron chi connectivity index (χ1n) is 10.2. The van der Waals surface area contributed by atoms with Gasteiger partial charge in [-0.05, 0) is 31.4 Å². The number of nitrogens with one attached hydrogen (secondary N) is 2. The van der Waals surface area contributed by atoms with E-state index in [9.17, 15) is 0 Å². The van der Waals surface area contributed by atoms with E-state index in [4.69, 9.17) is 4.98 Å². The standard InChI is InChI=1S/C21H21N9/c1-29-12-13(10-24-29)15-9-14-16(11-23-15)27-28-18(14)21-25-19-17(5-6-22-20(19)26-21)30-7-3-2-4-8-30/h5-6,9-12H,2-4,7-8H2,1H3,(H,27,28)(H,22,25,26). The van der Waals surface area contributed by atoms with E-state index in [-0.39, 0.29) is 0 Å². The molecule has 0 bridgehead atoms. The molecule has 2 N–H and O–H groups in total. The largest absolute Gasteiger partial charge is 0.370 e. The van der Waals surface area contributed by atoms with Gasteiger partial charge in [-0.3, -0.25) is 14.8 Å². The van der Waals surface area contributed by atoms with Crippen molar-refractivity contribution in [3.8, 4) is 22.8 Å². The lowest BCUT2D eigenvalue weighted by Gasteiger charge is -2.28. The molecule has 0 atom stereocenters. The van der Waals surface area contributed by atoms with Crippen LogP contribution in [0, 0.1) is 0 Å². The summed E-state index contributed by atoms with van der Waals surface area (Å²) in [4.78, 5) is 19.7. The second-order valence-corrected chi connectivity index (χ2v) is 7.75. The van der Waals surface area contributed by atoms with Gasteiger partial charge in [0.1, 0.15) is 11.2 Å². The third kappa shape index (κ3) is 2.73. The average molecular weight is 399 g/mol. The summed E-state index contributed by atoms with van der Waals surface area (Å²) in [7, 11) is 1.90. The SMILES string of the molecule is Cn1cc(-c2cc3c(-c4nc5c(N6CCCCC6)ccnc5[nH]4)n[nH]c3cn2)cn1. The first-order chi connectivity index (χ1) is 14.8. The van der Waals surface area contributed by atoms with E-state index in [1.54, 1.807) is 10.9 Å². The molecule has 6 rings (SSSR count). The molecular formula is C21H21N9. The molecule has 0 saturated carbocycles. The first kappa shape index (κ1) is 17.1. The topological polar surface area (TPSA) is 104 Å². The Bertz CT molecular complexity index is 1350. The minimum absolute atomic E-state index is 0.705. The predicted molar refractivity (Wildman–Crippen MR) is 115 cm³/mol. The fraction of sp³-hybridized carbons (Fsp3) is 0.286. The molecule has 150 valence electrons. The van der Waals surface area contributed by atoms with Crippen LogP contribution >= 0.6 is 0 Å². The maximum absolute atomic E-state index is 4.91. The van der Waals surface area contributed by atoms with Crippen molar-refractivity contribution >= 4 is 27.8 Å². The van der Waals surface area contributed by atoms with Gasteiger partial charge in [0.15, 0.2) is 11.5 Å². The van der Waals surface area contributed by atoms with Crippen molar-refractivity contribution in [1.29, 1.82) is 0 Å². The number of H-pyrrole nitrogens is 2. The van der Waals surface area contributed by atoms with Crippen molar-refractivity contribution in [2.24, 2.45) is 7.05 Å². The molecular weight excluding hydrogens is 378 g/mol. The minimum Gasteiger partial charge on any atom is -0.370 e. The zero-order valence-corrected chi connectivity index (χ0v) is 16.6. The van der Waals surface area contributed by atoms with E-state index in [1.807, 2.05) is 31.7 Å². The van der Waals surface area contributed by atoms with Crippen LogP contribution in [0.3, 0.4) is 0 Å². The fourth-order valence-corrected chi connectivity index (χ4v) is 4.21. The Balaban J connectivity index is 1.47. The smallest absolute Gasteiger partial charge is 0.161 e. The second-order valence-electron chi connectivity index (χ2n) is 7.75. The molecule has 9 heteroatoms. The van der Waals surface area contributed by atoms with Gasteiger partial charge in [0, 0.05) is 43.5 Å². The van der Waals surface area contributed by atoms with Crippen molar-refractivity contribution < 1.29 is 0 Å². The van der Waals surface area contributed by atoms with Crippen molar-refractivity contribution in [2.75, 3.05) is 18.0 Å². The number of hydrogen-bond acceptors (Lipinski definition) is 6. The highest BCUT2D eigenvalue weighted by atomic mass is 15.2. The molecule has 5 aromatic rings. The number of rotatable bonds is 3. The Kier molecular flexibility index (Phi) is 3.80. The van der Waals surface area contributed by atoms with Crippen molar-refractivity contribution in [1.82, 2.24) is 39.9 Å². The van der Waals surface area contributed by atoms with Gasteiger partial charge >= 0.3 is 0 Å². The summed E-state index contributed by atoms with van der Waals surface area (Å²) < 4.78 is 1.77. The zero-order valence-electron chi connectivity index (χ0n) is 16.6. The van der Waals surface area contributed by atoms with Gasteiger partial charge in [0.05, 0.1) is 29.3 Å². The molecule has 9 nitrogen and oxygen atoms in total. The van der Waals surface area contributed by atoms with E-state index in [0.717, 1.165) is 57.8 Å². The molecule has 0 radical (unpaired) electrons. The molecule has 1 aliphatic rings. The molecule has 1 fully saturated rings. The third-order valence-corrected chi connectivity index (χ3v) is 5.73. The maximum Gasteiger partial charge on any atom is 0.161 e. The lowest BCUT2D eigenvalue weighted by Crippen LogP contribution is -2.29. The van der Waals surface area contributed by atoms with Crippen molar-refractivity contribution in [3.63, 3.8) is 0 Å². The van der Waals surface area contributed by atoms with E-state index in [0.29, 0.717) is 5.82 Å². The molecule has 30 heavy (non-hydrogen) atoms. The Morgan fingerprint density at radius 1 is 1.07 bits per heavy atom. The highest BCUT2D eigenvalue weighted by Gasteiger charge is 2.19. The van der Waals surface area contributed by atoms with Crippen LogP contribution in [-0.2, 0) is 7.05 Å². The number of imidazole rings is 1. The normalized spacial score (nSPS) is 14.8. The number of anilines is 1. The maximum atomic E-state index is 4.91. The zero-order chi connectivity index (χ0) is 20.1. The Morgan fingerprint density at radius 2 is 1.97 bits per heavy atom. The molecule has 0 aliphatic carbocycles. The molecule has 6 heterocycles. The van der Waals surface area contributed by atoms with Crippen molar-refractivity contribution in [3.05, 3.63) is 36.9 Å². The van der Waals surface area contributed by atoms with Crippen molar-refractivity contribution in [2.45, 2.75) is 19.3 Å². The van der Waals surface area contributed by atoms with Crippen LogP contribution in [0.2, 0.25) is 0 Å². The van der Waals surface area contributed by atoms with E-state index < -0.39 is 0 Å². The summed E-state index contributed by atoms with van der Waals surface area (Å²) in [5.41, 5.74) is 6.26.